The van der Waals surface area contributed by atoms with Gasteiger partial charge in [0.05, 0.1) is 23.4 Å². The summed E-state index contributed by atoms with van der Waals surface area (Å²) in [4.78, 5) is 11.8. The van der Waals surface area contributed by atoms with Gasteiger partial charge in [-0.25, -0.2) is 13.1 Å². The van der Waals surface area contributed by atoms with Gasteiger partial charge in [-0.3, -0.25) is 4.79 Å². The van der Waals surface area contributed by atoms with E-state index < -0.39 is 9.84 Å². The lowest BCUT2D eigenvalue weighted by molar-refractivity contribution is -0.116. The van der Waals surface area contributed by atoms with Crippen LogP contribution in [0.2, 0.25) is 0 Å². The number of aromatic nitrogens is 2. The van der Waals surface area contributed by atoms with Crippen molar-refractivity contribution in [3.63, 3.8) is 0 Å². The monoisotopic (exact) mass is 331 g/mol. The van der Waals surface area contributed by atoms with Crippen molar-refractivity contribution in [3.05, 3.63) is 54.4 Å². The zero-order chi connectivity index (χ0) is 16.3. The average Bonchev–Trinajstić information content (AvgIpc) is 3.13. The van der Waals surface area contributed by atoms with Crippen LogP contribution in [0.1, 0.15) is 12.0 Å². The first-order chi connectivity index (χ1) is 11.0. The number of para-hydroxylation sites is 1. The van der Waals surface area contributed by atoms with Crippen LogP contribution in [0.5, 0.6) is 0 Å². The van der Waals surface area contributed by atoms with E-state index in [1.54, 1.807) is 17.0 Å². The molecule has 0 aliphatic carbocycles. The van der Waals surface area contributed by atoms with E-state index in [0.29, 0.717) is 6.42 Å². The molecule has 3 rings (SSSR count). The van der Waals surface area contributed by atoms with E-state index in [2.05, 4.69) is 10.4 Å². The van der Waals surface area contributed by atoms with Gasteiger partial charge in [-0.05, 0) is 24.6 Å². The molecule has 0 saturated carbocycles. The second-order valence-corrected chi connectivity index (χ2v) is 7.72. The molecule has 7 heteroatoms. The summed E-state index contributed by atoms with van der Waals surface area (Å²) >= 11 is 0. The van der Waals surface area contributed by atoms with Gasteiger partial charge in [0.25, 0.3) is 0 Å². The van der Waals surface area contributed by atoms with E-state index in [1.165, 1.54) is 6.08 Å². The van der Waals surface area contributed by atoms with Gasteiger partial charge < -0.3 is 5.32 Å². The summed E-state index contributed by atoms with van der Waals surface area (Å²) in [6, 6.07) is 9.37. The van der Waals surface area contributed by atoms with E-state index in [1.807, 2.05) is 36.5 Å². The lowest BCUT2D eigenvalue weighted by Crippen LogP contribution is -2.34. The molecule has 1 aromatic heterocycles. The highest BCUT2D eigenvalue weighted by atomic mass is 32.2. The van der Waals surface area contributed by atoms with Crippen LogP contribution in [-0.2, 0) is 14.6 Å². The number of carbonyl (C=O) groups is 1. The summed E-state index contributed by atoms with van der Waals surface area (Å²) in [6.45, 7) is 0. The third-order valence-corrected chi connectivity index (χ3v) is 5.40. The van der Waals surface area contributed by atoms with Crippen LogP contribution in [0.4, 0.5) is 0 Å². The van der Waals surface area contributed by atoms with Crippen LogP contribution in [0.25, 0.3) is 11.8 Å². The Labute approximate surface area is 134 Å². The summed E-state index contributed by atoms with van der Waals surface area (Å²) in [7, 11) is -2.99. The molecule has 1 aliphatic rings. The van der Waals surface area contributed by atoms with Gasteiger partial charge in [-0.1, -0.05) is 18.2 Å². The summed E-state index contributed by atoms with van der Waals surface area (Å²) in [6.07, 6.45) is 7.02. The predicted molar refractivity (Wildman–Crippen MR) is 87.8 cm³/mol. The van der Waals surface area contributed by atoms with Crippen LogP contribution in [0, 0.1) is 0 Å². The number of carbonyl (C=O) groups excluding carboxylic acids is 1. The first-order valence-electron chi connectivity index (χ1n) is 7.31. The van der Waals surface area contributed by atoms with Crippen molar-refractivity contribution in [3.8, 4) is 5.69 Å². The smallest absolute Gasteiger partial charge is 0.244 e. The van der Waals surface area contributed by atoms with Crippen molar-refractivity contribution in [2.24, 2.45) is 0 Å². The number of amides is 1. The van der Waals surface area contributed by atoms with Gasteiger partial charge in [0, 0.05) is 23.9 Å². The highest BCUT2D eigenvalue weighted by molar-refractivity contribution is 7.91. The zero-order valence-corrected chi connectivity index (χ0v) is 13.2. The fourth-order valence-corrected chi connectivity index (χ4v) is 4.15. The lowest BCUT2D eigenvalue weighted by Gasteiger charge is -2.07. The fraction of sp³-hybridized carbons (Fsp3) is 0.250. The maximum absolute atomic E-state index is 11.8. The van der Waals surface area contributed by atoms with E-state index >= 15 is 0 Å². The second kappa shape index (κ2) is 6.37. The molecule has 1 N–H and O–H groups in total. The fourth-order valence-electron chi connectivity index (χ4n) is 2.47. The van der Waals surface area contributed by atoms with Crippen molar-refractivity contribution in [1.29, 1.82) is 0 Å². The third-order valence-electron chi connectivity index (χ3n) is 3.63. The highest BCUT2D eigenvalue weighted by Crippen LogP contribution is 2.12. The standard InChI is InChI=1S/C16H17N3O3S/c20-16(18-14-8-9-23(21,22)12-14)7-6-13-10-17-19(11-13)15-4-2-1-3-5-15/h1-7,10-11,14H,8-9,12H2,(H,18,20)/b7-6+/t14-/m1/s1. The quantitative estimate of drug-likeness (QED) is 0.853. The topological polar surface area (TPSA) is 81.1 Å². The number of hydrogen-bond donors (Lipinski definition) is 1. The van der Waals surface area contributed by atoms with Gasteiger partial charge in [0.15, 0.2) is 9.84 Å². The molecule has 23 heavy (non-hydrogen) atoms. The van der Waals surface area contributed by atoms with Crippen LogP contribution in [0.3, 0.4) is 0 Å². The van der Waals surface area contributed by atoms with Gasteiger partial charge >= 0.3 is 0 Å². The van der Waals surface area contributed by atoms with Crippen molar-refractivity contribution >= 4 is 21.8 Å². The van der Waals surface area contributed by atoms with E-state index in [4.69, 9.17) is 0 Å². The minimum atomic E-state index is -2.99. The van der Waals surface area contributed by atoms with Gasteiger partial charge in [-0.2, -0.15) is 5.10 Å². The molecular weight excluding hydrogens is 314 g/mol. The maximum atomic E-state index is 11.8. The minimum Gasteiger partial charge on any atom is -0.349 e. The SMILES string of the molecule is O=C(/C=C/c1cnn(-c2ccccc2)c1)N[C@@H]1CCS(=O)(=O)C1. The molecule has 0 radical (unpaired) electrons. The molecule has 1 amide bonds. The molecule has 2 aromatic rings. The van der Waals surface area contributed by atoms with E-state index in [9.17, 15) is 13.2 Å². The van der Waals surface area contributed by atoms with Crippen molar-refractivity contribution in [1.82, 2.24) is 15.1 Å². The third kappa shape index (κ3) is 4.07. The Morgan fingerprint density at radius 2 is 2.09 bits per heavy atom. The summed E-state index contributed by atoms with van der Waals surface area (Å²) in [5.74, 6) is -0.121. The van der Waals surface area contributed by atoms with Crippen LogP contribution < -0.4 is 5.32 Å². The van der Waals surface area contributed by atoms with E-state index in [0.717, 1.165) is 11.3 Å². The largest absolute Gasteiger partial charge is 0.349 e. The minimum absolute atomic E-state index is 0.0263. The number of sulfone groups is 1. The Hall–Kier alpha value is -2.41. The van der Waals surface area contributed by atoms with Gasteiger partial charge in [0.2, 0.25) is 5.91 Å². The van der Waals surface area contributed by atoms with Crippen LogP contribution >= 0.6 is 0 Å². The van der Waals surface area contributed by atoms with Crippen molar-refractivity contribution in [2.75, 3.05) is 11.5 Å². The van der Waals surface area contributed by atoms with Crippen molar-refractivity contribution in [2.45, 2.75) is 12.5 Å². The molecule has 1 fully saturated rings. The molecule has 0 spiro atoms. The molecule has 6 nitrogen and oxygen atoms in total. The Morgan fingerprint density at radius 1 is 1.30 bits per heavy atom. The molecule has 0 unspecified atom stereocenters. The van der Waals surface area contributed by atoms with Gasteiger partial charge in [0.1, 0.15) is 0 Å². The number of nitrogens with zero attached hydrogens (tertiary/aromatic N) is 2. The molecule has 1 saturated heterocycles. The molecule has 1 atom stereocenters. The Morgan fingerprint density at radius 3 is 2.78 bits per heavy atom. The van der Waals surface area contributed by atoms with Gasteiger partial charge in [-0.15, -0.1) is 0 Å². The predicted octanol–water partition coefficient (Wildman–Crippen LogP) is 1.19. The molecule has 0 bridgehead atoms. The maximum Gasteiger partial charge on any atom is 0.244 e. The molecular formula is C16H17N3O3S. The van der Waals surface area contributed by atoms with Crippen molar-refractivity contribution < 1.29 is 13.2 Å². The summed E-state index contributed by atoms with van der Waals surface area (Å²) < 4.78 is 24.4. The lowest BCUT2D eigenvalue weighted by atomic mass is 10.2. The first-order valence-corrected chi connectivity index (χ1v) is 9.13. The summed E-state index contributed by atoms with van der Waals surface area (Å²) in [5, 5.41) is 6.95. The zero-order valence-electron chi connectivity index (χ0n) is 12.4. The number of benzene rings is 1. The number of hydrogen-bond acceptors (Lipinski definition) is 4. The number of rotatable bonds is 4. The molecule has 1 aliphatic heterocycles. The second-order valence-electron chi connectivity index (χ2n) is 5.50. The molecule has 120 valence electrons. The van der Waals surface area contributed by atoms with Crippen LogP contribution in [-0.4, -0.2) is 41.7 Å². The molecule has 2 heterocycles. The highest BCUT2D eigenvalue weighted by Gasteiger charge is 2.28. The van der Waals surface area contributed by atoms with E-state index in [-0.39, 0.29) is 23.5 Å². The Balaban J connectivity index is 1.60. The Kier molecular flexibility index (Phi) is 4.29. The number of nitrogens with one attached hydrogen (secondary N) is 1. The van der Waals surface area contributed by atoms with Crippen LogP contribution in [0.15, 0.2) is 48.8 Å². The first kappa shape index (κ1) is 15.5. The normalized spacial score (nSPS) is 19.9. The average molecular weight is 331 g/mol. The Bertz CT molecular complexity index is 825. The molecule has 1 aromatic carbocycles. The summed E-state index contributed by atoms with van der Waals surface area (Å²) in [5.41, 5.74) is 1.73.